The van der Waals surface area contributed by atoms with Crippen molar-refractivity contribution in [2.24, 2.45) is 0 Å². The monoisotopic (exact) mass is 445 g/mol. The minimum absolute atomic E-state index is 0.108. The number of nitrogens with zero attached hydrogens (tertiary/aromatic N) is 4. The third-order valence-corrected chi connectivity index (χ3v) is 5.78. The summed E-state index contributed by atoms with van der Waals surface area (Å²) in [6.45, 7) is 4.44. The Hall–Kier alpha value is -2.91. The van der Waals surface area contributed by atoms with Crippen LogP contribution in [0, 0.1) is 10.1 Å². The highest BCUT2D eigenvalue weighted by atomic mass is 35.5. The number of carbonyl (C=O) groups excluding carboxylic acids is 1. The van der Waals surface area contributed by atoms with Gasteiger partial charge in [-0.1, -0.05) is 53.7 Å². The third kappa shape index (κ3) is 5.17. The lowest BCUT2D eigenvalue weighted by Gasteiger charge is -2.13. The van der Waals surface area contributed by atoms with Gasteiger partial charge in [-0.15, -0.1) is 10.2 Å². The van der Waals surface area contributed by atoms with E-state index in [0.29, 0.717) is 23.8 Å². The van der Waals surface area contributed by atoms with E-state index in [2.05, 4.69) is 15.5 Å². The van der Waals surface area contributed by atoms with E-state index >= 15 is 0 Å². The number of hydrogen-bond donors (Lipinski definition) is 1. The summed E-state index contributed by atoms with van der Waals surface area (Å²) in [6, 6.07) is 13.9. The number of nitro groups is 1. The van der Waals surface area contributed by atoms with Crippen molar-refractivity contribution in [2.45, 2.75) is 37.2 Å². The molecular formula is C20H20ClN5O3S. The molecule has 0 saturated carbocycles. The van der Waals surface area contributed by atoms with Crippen LogP contribution in [-0.2, 0) is 17.8 Å². The second-order valence-electron chi connectivity index (χ2n) is 6.48. The summed E-state index contributed by atoms with van der Waals surface area (Å²) in [5.41, 5.74) is 1.32. The van der Waals surface area contributed by atoms with Gasteiger partial charge in [0.05, 0.1) is 20.9 Å². The SMILES string of the molecule is CCn1c(Cc2ccccc2)nnc1SC(C)C(=O)Nc1ccc([N+](=O)[O-])cc1Cl. The highest BCUT2D eigenvalue weighted by Crippen LogP contribution is 2.29. The number of rotatable bonds is 8. The van der Waals surface area contributed by atoms with E-state index in [1.165, 1.54) is 30.0 Å². The van der Waals surface area contributed by atoms with E-state index in [4.69, 9.17) is 11.6 Å². The van der Waals surface area contributed by atoms with Crippen molar-refractivity contribution in [3.63, 3.8) is 0 Å². The maximum atomic E-state index is 12.6. The van der Waals surface area contributed by atoms with Crippen LogP contribution >= 0.6 is 23.4 Å². The van der Waals surface area contributed by atoms with Gasteiger partial charge >= 0.3 is 0 Å². The number of nitrogens with one attached hydrogen (secondary N) is 1. The molecule has 10 heteroatoms. The number of amides is 1. The van der Waals surface area contributed by atoms with Gasteiger partial charge in [0, 0.05) is 25.1 Å². The standard InChI is InChI=1S/C20H20ClN5O3S/c1-3-25-18(11-14-7-5-4-6-8-14)23-24-20(25)30-13(2)19(27)22-17-10-9-15(26(28)29)12-16(17)21/h4-10,12-13H,3,11H2,1-2H3,(H,22,27). The predicted octanol–water partition coefficient (Wildman–Crippen LogP) is 4.57. The molecule has 3 rings (SSSR count). The first kappa shape index (κ1) is 21.8. The van der Waals surface area contributed by atoms with Crippen molar-refractivity contribution in [1.82, 2.24) is 14.8 Å². The molecule has 0 aliphatic rings. The van der Waals surface area contributed by atoms with Gasteiger partial charge in [-0.2, -0.15) is 0 Å². The molecule has 0 aliphatic carbocycles. The normalized spacial score (nSPS) is 11.8. The van der Waals surface area contributed by atoms with E-state index in [1.807, 2.05) is 41.8 Å². The summed E-state index contributed by atoms with van der Waals surface area (Å²) in [5.74, 6) is 0.545. The van der Waals surface area contributed by atoms with Crippen LogP contribution in [0.3, 0.4) is 0 Å². The molecule has 0 spiro atoms. The molecule has 0 fully saturated rings. The smallest absolute Gasteiger partial charge is 0.271 e. The summed E-state index contributed by atoms with van der Waals surface area (Å²) in [6.07, 6.45) is 0.654. The summed E-state index contributed by atoms with van der Waals surface area (Å²) in [5, 5.41) is 22.4. The summed E-state index contributed by atoms with van der Waals surface area (Å²) in [7, 11) is 0. The largest absolute Gasteiger partial charge is 0.324 e. The van der Waals surface area contributed by atoms with Crippen molar-refractivity contribution < 1.29 is 9.72 Å². The van der Waals surface area contributed by atoms with E-state index in [9.17, 15) is 14.9 Å². The van der Waals surface area contributed by atoms with E-state index < -0.39 is 10.2 Å². The molecule has 1 amide bonds. The van der Waals surface area contributed by atoms with Gasteiger partial charge in [0.2, 0.25) is 5.91 Å². The van der Waals surface area contributed by atoms with Gasteiger partial charge in [-0.25, -0.2) is 0 Å². The number of benzene rings is 2. The first-order chi connectivity index (χ1) is 14.4. The van der Waals surface area contributed by atoms with Crippen LogP contribution in [0.2, 0.25) is 5.02 Å². The third-order valence-electron chi connectivity index (χ3n) is 4.39. The van der Waals surface area contributed by atoms with Gasteiger partial charge in [0.1, 0.15) is 5.82 Å². The predicted molar refractivity (Wildman–Crippen MR) is 117 cm³/mol. The number of nitro benzene ring substituents is 1. The molecule has 30 heavy (non-hydrogen) atoms. The van der Waals surface area contributed by atoms with Crippen LogP contribution in [0.25, 0.3) is 0 Å². The summed E-state index contributed by atoms with van der Waals surface area (Å²) in [4.78, 5) is 22.9. The lowest BCUT2D eigenvalue weighted by atomic mass is 10.1. The van der Waals surface area contributed by atoms with Crippen LogP contribution < -0.4 is 5.32 Å². The van der Waals surface area contributed by atoms with Gasteiger partial charge in [0.25, 0.3) is 5.69 Å². The molecule has 1 aromatic heterocycles. The fraction of sp³-hybridized carbons (Fsp3) is 0.250. The number of aromatic nitrogens is 3. The fourth-order valence-electron chi connectivity index (χ4n) is 2.80. The average Bonchev–Trinajstić information content (AvgIpc) is 3.10. The molecule has 1 unspecified atom stereocenters. The Labute approximate surface area is 182 Å². The van der Waals surface area contributed by atoms with E-state index in [0.717, 1.165) is 11.4 Å². The molecule has 1 heterocycles. The van der Waals surface area contributed by atoms with Crippen molar-refractivity contribution >= 4 is 40.6 Å². The van der Waals surface area contributed by atoms with Crippen molar-refractivity contribution in [3.05, 3.63) is 75.1 Å². The zero-order chi connectivity index (χ0) is 21.7. The summed E-state index contributed by atoms with van der Waals surface area (Å²) < 4.78 is 1.99. The lowest BCUT2D eigenvalue weighted by molar-refractivity contribution is -0.384. The highest BCUT2D eigenvalue weighted by molar-refractivity contribution is 8.00. The number of carbonyl (C=O) groups is 1. The summed E-state index contributed by atoms with van der Waals surface area (Å²) >= 11 is 7.35. The Kier molecular flexibility index (Phi) is 7.07. The first-order valence-electron chi connectivity index (χ1n) is 9.26. The number of non-ortho nitro benzene ring substituents is 1. The fourth-order valence-corrected chi connectivity index (χ4v) is 3.95. The molecule has 0 saturated heterocycles. The van der Waals surface area contributed by atoms with Gasteiger partial charge in [-0.3, -0.25) is 14.9 Å². The lowest BCUT2D eigenvalue weighted by Crippen LogP contribution is -2.23. The number of halogens is 1. The maximum absolute atomic E-state index is 12.6. The van der Waals surface area contributed by atoms with Gasteiger partial charge in [0.15, 0.2) is 5.16 Å². The number of hydrogen-bond acceptors (Lipinski definition) is 6. The first-order valence-corrected chi connectivity index (χ1v) is 10.5. The molecule has 8 nitrogen and oxygen atoms in total. The van der Waals surface area contributed by atoms with Gasteiger partial charge in [-0.05, 0) is 25.5 Å². The number of thioether (sulfide) groups is 1. The molecule has 0 aliphatic heterocycles. The molecule has 0 radical (unpaired) electrons. The van der Waals surface area contributed by atoms with E-state index in [-0.39, 0.29) is 16.6 Å². The van der Waals surface area contributed by atoms with Gasteiger partial charge < -0.3 is 9.88 Å². The van der Waals surface area contributed by atoms with Crippen molar-refractivity contribution in [1.29, 1.82) is 0 Å². The minimum atomic E-state index is -0.541. The Bertz CT molecular complexity index is 1060. The van der Waals surface area contributed by atoms with Crippen LogP contribution in [0.15, 0.2) is 53.7 Å². The minimum Gasteiger partial charge on any atom is -0.324 e. The van der Waals surface area contributed by atoms with Crippen molar-refractivity contribution in [2.75, 3.05) is 5.32 Å². The maximum Gasteiger partial charge on any atom is 0.271 e. The van der Waals surface area contributed by atoms with Crippen LogP contribution in [0.1, 0.15) is 25.2 Å². The Balaban J connectivity index is 1.69. The Morgan fingerprint density at radius 3 is 2.63 bits per heavy atom. The molecule has 3 aromatic rings. The molecular weight excluding hydrogens is 426 g/mol. The quantitative estimate of drug-likeness (QED) is 0.309. The number of anilines is 1. The zero-order valence-corrected chi connectivity index (χ0v) is 18.0. The van der Waals surface area contributed by atoms with Crippen LogP contribution in [0.4, 0.5) is 11.4 Å². The molecule has 156 valence electrons. The second-order valence-corrected chi connectivity index (χ2v) is 8.19. The van der Waals surface area contributed by atoms with Crippen molar-refractivity contribution in [3.8, 4) is 0 Å². The highest BCUT2D eigenvalue weighted by Gasteiger charge is 2.21. The molecule has 1 N–H and O–H groups in total. The Morgan fingerprint density at radius 2 is 2.00 bits per heavy atom. The second kappa shape index (κ2) is 9.73. The van der Waals surface area contributed by atoms with E-state index in [1.54, 1.807) is 6.92 Å². The van der Waals surface area contributed by atoms with Crippen LogP contribution in [-0.4, -0.2) is 30.8 Å². The molecule has 1 atom stereocenters. The zero-order valence-electron chi connectivity index (χ0n) is 16.4. The Morgan fingerprint density at radius 1 is 1.27 bits per heavy atom. The topological polar surface area (TPSA) is 103 Å². The van der Waals surface area contributed by atoms with Crippen LogP contribution in [0.5, 0.6) is 0 Å². The molecule has 2 aromatic carbocycles. The molecule has 0 bridgehead atoms. The average molecular weight is 446 g/mol.